The number of fused-ring (bicyclic) bond motifs is 1. The Hall–Kier alpha value is -3.75. The number of hydrogen-bond donors (Lipinski definition) is 2. The topological polar surface area (TPSA) is 98.1 Å². The van der Waals surface area contributed by atoms with E-state index in [-0.39, 0.29) is 18.9 Å². The van der Waals surface area contributed by atoms with Crippen molar-refractivity contribution in [3.05, 3.63) is 65.7 Å². The Morgan fingerprint density at radius 2 is 1.91 bits per heavy atom. The molecule has 0 radical (unpaired) electrons. The van der Waals surface area contributed by atoms with Gasteiger partial charge in [-0.3, -0.25) is 4.79 Å². The number of aryl methyl sites for hydroxylation is 1. The van der Waals surface area contributed by atoms with E-state index >= 15 is 0 Å². The van der Waals surface area contributed by atoms with Crippen LogP contribution in [0.25, 0.3) is 11.4 Å². The second-order valence-corrected chi connectivity index (χ2v) is 8.24. The molecule has 2 heterocycles. The number of carbonyl (C=O) groups excluding carboxylic acids is 2. The van der Waals surface area contributed by atoms with Crippen LogP contribution < -0.4 is 10.6 Å². The molecule has 9 heteroatoms. The van der Waals surface area contributed by atoms with Crippen LogP contribution in [0.15, 0.2) is 48.5 Å². The van der Waals surface area contributed by atoms with E-state index in [0.29, 0.717) is 30.0 Å². The number of amides is 2. The van der Waals surface area contributed by atoms with Crippen molar-refractivity contribution in [2.45, 2.75) is 51.7 Å². The third kappa shape index (κ3) is 6.18. The summed E-state index contributed by atoms with van der Waals surface area (Å²) >= 11 is 0. The lowest BCUT2D eigenvalue weighted by Crippen LogP contribution is -2.26. The maximum absolute atomic E-state index is 14.6. The van der Waals surface area contributed by atoms with Gasteiger partial charge in [0.15, 0.2) is 5.82 Å². The Morgan fingerprint density at radius 1 is 1.06 bits per heavy atom. The number of alkyl carbamates (subject to hydrolysis) is 1. The van der Waals surface area contributed by atoms with Crippen molar-refractivity contribution in [1.82, 2.24) is 20.1 Å². The summed E-state index contributed by atoms with van der Waals surface area (Å²) in [5, 5.41) is 13.9. The number of halogens is 1. The average Bonchev–Trinajstić information content (AvgIpc) is 3.09. The van der Waals surface area contributed by atoms with Gasteiger partial charge in [-0.2, -0.15) is 0 Å². The molecule has 0 fully saturated rings. The van der Waals surface area contributed by atoms with Gasteiger partial charge in [-0.05, 0) is 43.0 Å². The van der Waals surface area contributed by atoms with Crippen LogP contribution in [0.2, 0.25) is 0 Å². The minimum Gasteiger partial charge on any atom is -0.445 e. The molecule has 178 valence electrons. The molecule has 1 aliphatic rings. The first-order valence-electron chi connectivity index (χ1n) is 11.6. The molecule has 2 aromatic carbocycles. The molecule has 0 aliphatic carbocycles. The van der Waals surface area contributed by atoms with Crippen LogP contribution >= 0.6 is 0 Å². The smallest absolute Gasteiger partial charge is 0.407 e. The highest BCUT2D eigenvalue weighted by atomic mass is 19.1. The van der Waals surface area contributed by atoms with Gasteiger partial charge in [-0.15, -0.1) is 10.2 Å². The molecule has 34 heavy (non-hydrogen) atoms. The normalized spacial score (nSPS) is 13.0. The fourth-order valence-electron chi connectivity index (χ4n) is 3.90. The highest BCUT2D eigenvalue weighted by Gasteiger charge is 2.19. The van der Waals surface area contributed by atoms with Gasteiger partial charge in [-0.1, -0.05) is 36.8 Å². The fourth-order valence-corrected chi connectivity index (χ4v) is 3.90. The monoisotopic (exact) mass is 465 g/mol. The van der Waals surface area contributed by atoms with Crippen molar-refractivity contribution < 1.29 is 18.7 Å². The van der Waals surface area contributed by atoms with Crippen molar-refractivity contribution >= 4 is 17.7 Å². The van der Waals surface area contributed by atoms with Gasteiger partial charge in [0.25, 0.3) is 0 Å². The second-order valence-electron chi connectivity index (χ2n) is 8.24. The van der Waals surface area contributed by atoms with Crippen molar-refractivity contribution in [2.24, 2.45) is 0 Å². The van der Waals surface area contributed by atoms with E-state index in [0.717, 1.165) is 43.6 Å². The van der Waals surface area contributed by atoms with Crippen LogP contribution in [0.3, 0.4) is 0 Å². The number of nitrogens with zero attached hydrogens (tertiary/aromatic N) is 3. The zero-order valence-electron chi connectivity index (χ0n) is 18.9. The van der Waals surface area contributed by atoms with E-state index in [1.807, 2.05) is 34.9 Å². The molecule has 1 aliphatic heterocycles. The van der Waals surface area contributed by atoms with Gasteiger partial charge in [0, 0.05) is 31.6 Å². The third-order valence-electron chi connectivity index (χ3n) is 5.66. The predicted octanol–water partition coefficient (Wildman–Crippen LogP) is 4.46. The minimum atomic E-state index is -0.528. The molecule has 0 spiro atoms. The Bertz CT molecular complexity index is 1130. The lowest BCUT2D eigenvalue weighted by Gasteiger charge is -2.11. The van der Waals surface area contributed by atoms with Crippen molar-refractivity contribution in [2.75, 3.05) is 11.9 Å². The molecular formula is C25H28FN5O3. The quantitative estimate of drug-likeness (QED) is 0.479. The van der Waals surface area contributed by atoms with Crippen LogP contribution in [-0.2, 0) is 29.1 Å². The summed E-state index contributed by atoms with van der Waals surface area (Å²) in [5.41, 5.74) is 1.71. The summed E-state index contributed by atoms with van der Waals surface area (Å²) in [5.74, 6) is 0.729. The summed E-state index contributed by atoms with van der Waals surface area (Å²) in [6, 6.07) is 13.8. The number of benzene rings is 2. The average molecular weight is 466 g/mol. The van der Waals surface area contributed by atoms with Gasteiger partial charge in [0.2, 0.25) is 5.91 Å². The first-order chi connectivity index (χ1) is 16.6. The number of nitrogens with one attached hydrogen (secondary N) is 2. The highest BCUT2D eigenvalue weighted by molar-refractivity contribution is 5.91. The second kappa shape index (κ2) is 11.4. The van der Waals surface area contributed by atoms with E-state index in [4.69, 9.17) is 4.74 Å². The number of anilines is 1. The van der Waals surface area contributed by atoms with Gasteiger partial charge in [-0.25, -0.2) is 9.18 Å². The lowest BCUT2D eigenvalue weighted by molar-refractivity contribution is -0.116. The number of hydrogen-bond acceptors (Lipinski definition) is 5. The van der Waals surface area contributed by atoms with E-state index < -0.39 is 11.9 Å². The summed E-state index contributed by atoms with van der Waals surface area (Å²) in [7, 11) is 0. The largest absolute Gasteiger partial charge is 0.445 e. The summed E-state index contributed by atoms with van der Waals surface area (Å²) in [6.07, 6.45) is 4.12. The SMILES string of the molecule is O=C(CCCNC(=O)OCc1ccccc1)Nc1ccc(F)c(-c2nnc3n2CCCCC3)c1. The van der Waals surface area contributed by atoms with Gasteiger partial charge < -0.3 is 19.9 Å². The molecule has 1 aromatic heterocycles. The number of ether oxygens (including phenoxy) is 1. The zero-order chi connectivity index (χ0) is 23.8. The van der Waals surface area contributed by atoms with Gasteiger partial charge in [0.05, 0.1) is 5.56 Å². The molecule has 8 nitrogen and oxygen atoms in total. The number of aromatic nitrogens is 3. The molecule has 0 bridgehead atoms. The Labute approximate surface area is 197 Å². The first kappa shape index (κ1) is 23.4. The summed E-state index contributed by atoms with van der Waals surface area (Å²) in [6.45, 7) is 1.26. The maximum Gasteiger partial charge on any atom is 0.407 e. The molecular weight excluding hydrogens is 437 g/mol. The van der Waals surface area contributed by atoms with Crippen molar-refractivity contribution in [1.29, 1.82) is 0 Å². The highest BCUT2D eigenvalue weighted by Crippen LogP contribution is 2.27. The Balaban J connectivity index is 1.25. The first-order valence-corrected chi connectivity index (χ1v) is 11.6. The van der Waals surface area contributed by atoms with Crippen molar-refractivity contribution in [3.8, 4) is 11.4 Å². The molecule has 0 unspecified atom stereocenters. The van der Waals surface area contributed by atoms with Crippen LogP contribution in [0, 0.1) is 5.82 Å². The fraction of sp³-hybridized carbons (Fsp3) is 0.360. The van der Waals surface area contributed by atoms with Crippen LogP contribution in [-0.4, -0.2) is 33.3 Å². The van der Waals surface area contributed by atoms with Crippen molar-refractivity contribution in [3.63, 3.8) is 0 Å². The van der Waals surface area contributed by atoms with Crippen LogP contribution in [0.5, 0.6) is 0 Å². The predicted molar refractivity (Wildman–Crippen MR) is 125 cm³/mol. The molecule has 0 saturated carbocycles. The van der Waals surface area contributed by atoms with E-state index in [9.17, 15) is 14.0 Å². The minimum absolute atomic E-state index is 0.190. The van der Waals surface area contributed by atoms with E-state index in [1.165, 1.54) is 12.1 Å². The Kier molecular flexibility index (Phi) is 7.85. The van der Waals surface area contributed by atoms with Gasteiger partial charge >= 0.3 is 6.09 Å². The molecule has 0 atom stereocenters. The molecule has 2 N–H and O–H groups in total. The lowest BCUT2D eigenvalue weighted by atomic mass is 10.1. The molecule has 4 rings (SSSR count). The zero-order valence-corrected chi connectivity index (χ0v) is 18.9. The number of rotatable bonds is 8. The molecule has 0 saturated heterocycles. The maximum atomic E-state index is 14.6. The number of carbonyl (C=O) groups is 2. The van der Waals surface area contributed by atoms with Crippen LogP contribution in [0.4, 0.5) is 14.9 Å². The summed E-state index contributed by atoms with van der Waals surface area (Å²) < 4.78 is 21.7. The van der Waals surface area contributed by atoms with Gasteiger partial charge in [0.1, 0.15) is 18.2 Å². The molecule has 3 aromatic rings. The Morgan fingerprint density at radius 3 is 2.76 bits per heavy atom. The third-order valence-corrected chi connectivity index (χ3v) is 5.66. The molecule has 2 amide bonds. The van der Waals surface area contributed by atoms with E-state index in [2.05, 4.69) is 20.8 Å². The van der Waals surface area contributed by atoms with E-state index in [1.54, 1.807) is 6.07 Å². The standard InChI is InChI=1S/C25H28FN5O3/c26-21-13-12-19(16-20(21)24-30-29-22-10-5-2-6-15-31(22)24)28-23(32)11-7-14-27-25(33)34-17-18-8-3-1-4-9-18/h1,3-4,8-9,12-13,16H,2,5-7,10-11,14-15,17H2,(H,27,33)(H,28,32). The van der Waals surface area contributed by atoms with Crippen LogP contribution in [0.1, 0.15) is 43.5 Å². The summed E-state index contributed by atoms with van der Waals surface area (Å²) in [4.78, 5) is 24.1.